The molecule has 0 saturated heterocycles. The zero-order chi connectivity index (χ0) is 50.6. The lowest BCUT2D eigenvalue weighted by molar-refractivity contribution is 0.415. The SMILES string of the molecule is CCCCCCCCCCCC[B-](c1ccc(OC)cc1)(c1ccc(OC)cc1)c1ccc(OC)cc1.CCCCCCCC[P+](CCCCCCCC)(CCCCCCCC)CCCCCCCC. The van der Waals surface area contributed by atoms with Crippen LogP contribution in [0.15, 0.2) is 72.8 Å². The van der Waals surface area contributed by atoms with Crippen LogP contribution in [0.25, 0.3) is 0 Å². The fraction of sp³-hybridized carbons (Fsp3) is 0.723. The van der Waals surface area contributed by atoms with Gasteiger partial charge in [0, 0.05) is 7.26 Å². The molecule has 0 aliphatic rings. The van der Waals surface area contributed by atoms with E-state index in [2.05, 4.69) is 107 Å². The predicted molar refractivity (Wildman–Crippen MR) is 320 cm³/mol. The Hall–Kier alpha value is -2.45. The van der Waals surface area contributed by atoms with Gasteiger partial charge in [0.05, 0.1) is 52.1 Å². The largest absolute Gasteiger partial charge is 0.497 e. The Kier molecular flexibility index (Phi) is 39.1. The number of unbranched alkanes of at least 4 members (excludes halogenated alkanes) is 29. The molecule has 0 aliphatic carbocycles. The van der Waals surface area contributed by atoms with Gasteiger partial charge in [-0.1, -0.05) is 238 Å². The molecular weight excluding hydrogens is 870 g/mol. The molecule has 3 rings (SSSR count). The smallest absolute Gasteiger partial charge is 0.118 e. The molecule has 0 aromatic heterocycles. The topological polar surface area (TPSA) is 27.7 Å². The van der Waals surface area contributed by atoms with E-state index in [-0.39, 0.29) is 0 Å². The van der Waals surface area contributed by atoms with Crippen LogP contribution < -0.4 is 30.6 Å². The number of hydrogen-bond acceptors (Lipinski definition) is 3. The monoisotopic (exact) mass is 985 g/mol. The van der Waals surface area contributed by atoms with Crippen LogP contribution in [0.4, 0.5) is 0 Å². The second-order valence-electron chi connectivity index (χ2n) is 21.6. The summed E-state index contributed by atoms with van der Waals surface area (Å²) in [7, 11) is 4.46. The van der Waals surface area contributed by atoms with Crippen LogP contribution >= 0.6 is 7.26 Å². The molecule has 0 unspecified atom stereocenters. The van der Waals surface area contributed by atoms with Gasteiger partial charge in [0.1, 0.15) is 17.2 Å². The Bertz CT molecular complexity index is 1390. The molecule has 0 fully saturated rings. The molecule has 0 spiro atoms. The highest BCUT2D eigenvalue weighted by Crippen LogP contribution is 2.61. The molecule has 3 nitrogen and oxygen atoms in total. The first-order valence-corrected chi connectivity index (χ1v) is 32.9. The van der Waals surface area contributed by atoms with Gasteiger partial charge in [0.15, 0.2) is 0 Å². The summed E-state index contributed by atoms with van der Waals surface area (Å²) in [5, 5.41) is 0. The van der Waals surface area contributed by atoms with E-state index in [9.17, 15) is 0 Å². The third kappa shape index (κ3) is 27.0. The van der Waals surface area contributed by atoms with Gasteiger partial charge in [0.2, 0.25) is 0 Å². The Morgan fingerprint density at radius 2 is 0.471 bits per heavy atom. The van der Waals surface area contributed by atoms with E-state index in [4.69, 9.17) is 14.2 Å². The first-order chi connectivity index (χ1) is 34.4. The molecule has 0 saturated carbocycles. The number of methoxy groups -OCH3 is 3. The molecule has 0 heterocycles. The van der Waals surface area contributed by atoms with Crippen molar-refractivity contribution in [2.24, 2.45) is 0 Å². The highest BCUT2D eigenvalue weighted by Gasteiger charge is 2.35. The average Bonchev–Trinajstić information content (AvgIpc) is 3.40. The van der Waals surface area contributed by atoms with E-state index >= 15 is 0 Å². The Morgan fingerprint density at radius 1 is 0.271 bits per heavy atom. The fourth-order valence-corrected chi connectivity index (χ4v) is 16.3. The molecule has 3 aromatic carbocycles. The number of hydrogen-bond donors (Lipinski definition) is 0. The summed E-state index contributed by atoms with van der Waals surface area (Å²) >= 11 is 0. The zero-order valence-corrected chi connectivity index (χ0v) is 48.6. The summed E-state index contributed by atoms with van der Waals surface area (Å²) in [6.45, 7) is 11.7. The van der Waals surface area contributed by atoms with Gasteiger partial charge in [-0.05, 0) is 87.8 Å². The van der Waals surface area contributed by atoms with Crippen molar-refractivity contribution in [2.75, 3.05) is 46.0 Å². The molecule has 0 atom stereocenters. The van der Waals surface area contributed by atoms with Crippen LogP contribution in [0.2, 0.25) is 6.32 Å². The van der Waals surface area contributed by atoms with Gasteiger partial charge in [-0.3, -0.25) is 0 Å². The normalized spacial score (nSPS) is 11.7. The second kappa shape index (κ2) is 43.0. The third-order valence-corrected chi connectivity index (χ3v) is 21.0. The molecule has 0 N–H and O–H groups in total. The molecule has 0 bridgehead atoms. The molecule has 5 heteroatoms. The van der Waals surface area contributed by atoms with Gasteiger partial charge in [-0.15, -0.1) is 0 Å². The van der Waals surface area contributed by atoms with E-state index in [1.54, 1.807) is 71.7 Å². The van der Waals surface area contributed by atoms with Crippen LogP contribution in [0, 0.1) is 0 Å². The maximum absolute atomic E-state index is 5.49. The van der Waals surface area contributed by atoms with E-state index < -0.39 is 13.4 Å². The van der Waals surface area contributed by atoms with Crippen molar-refractivity contribution in [3.63, 3.8) is 0 Å². The molecule has 400 valence electrons. The number of benzene rings is 3. The van der Waals surface area contributed by atoms with E-state index in [0.717, 1.165) is 23.6 Å². The molecular formula is C65H114BO3P. The minimum Gasteiger partial charge on any atom is -0.497 e. The number of rotatable bonds is 45. The number of ether oxygens (including phenoxy) is 3. The highest BCUT2D eigenvalue weighted by atomic mass is 31.2. The van der Waals surface area contributed by atoms with E-state index in [1.165, 1.54) is 209 Å². The van der Waals surface area contributed by atoms with Gasteiger partial charge < -0.3 is 14.2 Å². The van der Waals surface area contributed by atoms with E-state index in [1.807, 2.05) is 0 Å². The maximum Gasteiger partial charge on any atom is 0.118 e. The fourth-order valence-electron chi connectivity index (χ4n) is 11.4. The standard InChI is InChI=1S/C33H46BO3.C32H68P/c1-5-6-7-8-9-10-11-12-13-14-27-34(28-15-21-31(35-2)22-16-28,29-17-23-32(36-3)24-18-29)30-19-25-33(37-4)26-20-30;1-5-9-13-17-21-25-29-33(30-26-22-18-14-10-6-2,31-27-23-19-15-11-7-3)32-28-24-20-16-12-8-4/h15-26H,5-14,27H2,1-4H3;5-32H2,1-4H3/q-1;+1. The minimum absolute atomic E-state index is 0.718. The lowest BCUT2D eigenvalue weighted by Gasteiger charge is -2.43. The van der Waals surface area contributed by atoms with E-state index in [0.29, 0.717) is 0 Å². The Labute approximate surface area is 437 Å². The van der Waals surface area contributed by atoms with Crippen molar-refractivity contribution in [2.45, 2.75) is 259 Å². The highest BCUT2D eigenvalue weighted by molar-refractivity contribution is 7.75. The van der Waals surface area contributed by atoms with Crippen LogP contribution in [0.3, 0.4) is 0 Å². The van der Waals surface area contributed by atoms with Crippen molar-refractivity contribution < 1.29 is 14.2 Å². The first-order valence-electron chi connectivity index (χ1n) is 30.4. The lowest BCUT2D eigenvalue weighted by Crippen LogP contribution is -2.66. The molecule has 0 aliphatic heterocycles. The quantitative estimate of drug-likeness (QED) is 0.0321. The first kappa shape index (κ1) is 63.7. The summed E-state index contributed by atoms with van der Waals surface area (Å²) in [4.78, 5) is 0. The van der Waals surface area contributed by atoms with Gasteiger partial charge in [-0.25, -0.2) is 0 Å². The van der Waals surface area contributed by atoms with Gasteiger partial charge in [0.25, 0.3) is 0 Å². The summed E-state index contributed by atoms with van der Waals surface area (Å²) in [6, 6.07) is 26.1. The molecule has 3 aromatic rings. The molecule has 0 radical (unpaired) electrons. The lowest BCUT2D eigenvalue weighted by atomic mass is 9.14. The van der Waals surface area contributed by atoms with Crippen molar-refractivity contribution in [3.8, 4) is 17.2 Å². The Balaban J connectivity index is 0.000000484. The van der Waals surface area contributed by atoms with Crippen LogP contribution in [0.1, 0.15) is 253 Å². The van der Waals surface area contributed by atoms with Crippen molar-refractivity contribution in [3.05, 3.63) is 72.8 Å². The summed E-state index contributed by atoms with van der Waals surface area (Å²) in [6.07, 6.45) is 55.4. The van der Waals surface area contributed by atoms with Crippen LogP contribution in [0.5, 0.6) is 17.2 Å². The van der Waals surface area contributed by atoms with Gasteiger partial charge in [-0.2, -0.15) is 22.7 Å². The minimum atomic E-state index is -1.18. The molecule has 70 heavy (non-hydrogen) atoms. The molecule has 0 amide bonds. The van der Waals surface area contributed by atoms with Crippen molar-refractivity contribution in [1.82, 2.24) is 0 Å². The van der Waals surface area contributed by atoms with Crippen LogP contribution in [-0.4, -0.2) is 52.1 Å². The summed E-state index contributed by atoms with van der Waals surface area (Å²) < 4.78 is 16.5. The summed E-state index contributed by atoms with van der Waals surface area (Å²) in [5.74, 6) is 2.66. The van der Waals surface area contributed by atoms with Gasteiger partial charge >= 0.3 is 0 Å². The predicted octanol–water partition coefficient (Wildman–Crippen LogP) is 19.5. The zero-order valence-electron chi connectivity index (χ0n) is 47.8. The third-order valence-electron chi connectivity index (χ3n) is 16.0. The second-order valence-corrected chi connectivity index (χ2v) is 26.1. The van der Waals surface area contributed by atoms with Crippen molar-refractivity contribution >= 4 is 29.8 Å². The average molecular weight is 985 g/mol. The summed E-state index contributed by atoms with van der Waals surface area (Å²) in [5.41, 5.74) is 4.02. The van der Waals surface area contributed by atoms with Crippen molar-refractivity contribution in [1.29, 1.82) is 0 Å². The maximum atomic E-state index is 5.49. The Morgan fingerprint density at radius 3 is 0.686 bits per heavy atom. The van der Waals surface area contributed by atoms with Crippen LogP contribution in [-0.2, 0) is 0 Å².